The first-order valence-electron chi connectivity index (χ1n) is 11.0. The Labute approximate surface area is 207 Å². The van der Waals surface area contributed by atoms with E-state index in [9.17, 15) is 14.4 Å². The first-order chi connectivity index (χ1) is 16.8. The minimum Gasteiger partial charge on any atom is -0.484 e. The molecule has 4 rings (SSSR count). The van der Waals surface area contributed by atoms with Gasteiger partial charge in [-0.15, -0.1) is 0 Å². The number of aromatic nitrogens is 1. The first kappa shape index (κ1) is 24.3. The molecule has 2 heterocycles. The quantitative estimate of drug-likeness (QED) is 0.446. The van der Waals surface area contributed by atoms with Crippen molar-refractivity contribution in [2.75, 3.05) is 24.7 Å². The normalized spacial score (nSPS) is 12.8. The van der Waals surface area contributed by atoms with Crippen LogP contribution in [0.3, 0.4) is 0 Å². The highest BCUT2D eigenvalue weighted by atomic mass is 35.5. The summed E-state index contributed by atoms with van der Waals surface area (Å²) in [5, 5.41) is 3.17. The highest BCUT2D eigenvalue weighted by Crippen LogP contribution is 2.34. The molecular formula is C25H24ClN3O6. The number of Topliss-reactive ketones (excluding diaryl/α,β-unsaturated/α-hetero) is 1. The van der Waals surface area contributed by atoms with Gasteiger partial charge in [-0.2, -0.15) is 0 Å². The van der Waals surface area contributed by atoms with E-state index in [1.54, 1.807) is 42.5 Å². The summed E-state index contributed by atoms with van der Waals surface area (Å²) in [6, 6.07) is 11.6. The third-order valence-corrected chi connectivity index (χ3v) is 5.48. The molecule has 1 aliphatic heterocycles. The van der Waals surface area contributed by atoms with E-state index in [1.807, 2.05) is 13.8 Å². The fraction of sp³-hybridized carbons (Fsp3) is 0.280. The number of amides is 2. The van der Waals surface area contributed by atoms with Crippen LogP contribution in [0.1, 0.15) is 40.6 Å². The number of fused-ring (bicyclic) bond motifs is 1. The summed E-state index contributed by atoms with van der Waals surface area (Å²) in [4.78, 5) is 43.2. The first-order valence-corrected chi connectivity index (χ1v) is 11.4. The Morgan fingerprint density at radius 1 is 1.23 bits per heavy atom. The molecule has 1 N–H and O–H groups in total. The van der Waals surface area contributed by atoms with Gasteiger partial charge >= 0.3 is 0 Å². The van der Waals surface area contributed by atoms with Gasteiger partial charge in [-0.05, 0) is 36.2 Å². The van der Waals surface area contributed by atoms with Crippen molar-refractivity contribution in [2.45, 2.75) is 20.4 Å². The Hall–Kier alpha value is -3.85. The molecule has 9 nitrogen and oxygen atoms in total. The minimum atomic E-state index is -0.353. The van der Waals surface area contributed by atoms with Gasteiger partial charge in [-0.1, -0.05) is 37.6 Å². The lowest BCUT2D eigenvalue weighted by Gasteiger charge is -2.28. The van der Waals surface area contributed by atoms with Gasteiger partial charge in [0.1, 0.15) is 24.3 Å². The number of rotatable bonds is 9. The van der Waals surface area contributed by atoms with Gasteiger partial charge in [-0.3, -0.25) is 19.3 Å². The van der Waals surface area contributed by atoms with Gasteiger partial charge in [0, 0.05) is 12.1 Å². The average Bonchev–Trinajstić information content (AvgIpc) is 3.32. The van der Waals surface area contributed by atoms with Crippen molar-refractivity contribution >= 4 is 34.9 Å². The van der Waals surface area contributed by atoms with Crippen LogP contribution in [-0.4, -0.2) is 42.3 Å². The van der Waals surface area contributed by atoms with Gasteiger partial charge < -0.3 is 19.2 Å². The molecule has 0 atom stereocenters. The van der Waals surface area contributed by atoms with Crippen molar-refractivity contribution < 1.29 is 28.3 Å². The van der Waals surface area contributed by atoms with Gasteiger partial charge in [-0.25, -0.2) is 4.98 Å². The molecule has 0 unspecified atom stereocenters. The summed E-state index contributed by atoms with van der Waals surface area (Å²) in [5.74, 6) is 0.324. The summed E-state index contributed by atoms with van der Waals surface area (Å²) in [7, 11) is 0. The summed E-state index contributed by atoms with van der Waals surface area (Å²) < 4.78 is 16.5. The summed E-state index contributed by atoms with van der Waals surface area (Å²) in [5.41, 5.74) is 0.858. The van der Waals surface area contributed by atoms with Gasteiger partial charge in [0.05, 0.1) is 10.7 Å². The Bertz CT molecular complexity index is 1260. The average molecular weight is 498 g/mol. The molecule has 0 fully saturated rings. The monoisotopic (exact) mass is 497 g/mol. The lowest BCUT2D eigenvalue weighted by Crippen LogP contribution is -2.38. The maximum atomic E-state index is 12.8. The zero-order valence-corrected chi connectivity index (χ0v) is 20.0. The number of para-hydroxylation sites is 1. The predicted octanol–water partition coefficient (Wildman–Crippen LogP) is 3.90. The van der Waals surface area contributed by atoms with E-state index < -0.39 is 0 Å². The fourth-order valence-corrected chi connectivity index (χ4v) is 3.54. The maximum absolute atomic E-state index is 12.8. The molecule has 0 bridgehead atoms. The molecule has 1 aliphatic rings. The van der Waals surface area contributed by atoms with E-state index in [2.05, 4.69) is 10.3 Å². The number of nitrogens with one attached hydrogen (secondary N) is 1. The van der Waals surface area contributed by atoms with E-state index in [4.69, 9.17) is 25.5 Å². The molecule has 2 aromatic carbocycles. The van der Waals surface area contributed by atoms with Crippen LogP contribution >= 0.6 is 11.6 Å². The standard InChI is InChI=1S/C25H24ClN3O6/c1-15(2)10-27-25(32)18-12-35-23(28-18)11-29-19-9-16(7-8-22(19)34-14-24(29)31)20(30)13-33-21-6-4-3-5-17(21)26/h3-9,12,15H,10-11,13-14H2,1-2H3,(H,27,32). The van der Waals surface area contributed by atoms with Crippen LogP contribution in [0.5, 0.6) is 11.5 Å². The maximum Gasteiger partial charge on any atom is 0.273 e. The van der Waals surface area contributed by atoms with Crippen LogP contribution in [0.4, 0.5) is 5.69 Å². The number of ketones is 1. The largest absolute Gasteiger partial charge is 0.484 e. The van der Waals surface area contributed by atoms with Crippen LogP contribution in [0.15, 0.2) is 53.1 Å². The Balaban J connectivity index is 1.49. The van der Waals surface area contributed by atoms with Gasteiger partial charge in [0.2, 0.25) is 5.89 Å². The Morgan fingerprint density at radius 3 is 2.80 bits per heavy atom. The lowest BCUT2D eigenvalue weighted by atomic mass is 10.1. The number of anilines is 1. The molecule has 0 spiro atoms. The van der Waals surface area contributed by atoms with Crippen molar-refractivity contribution in [3.05, 3.63) is 70.9 Å². The third-order valence-electron chi connectivity index (χ3n) is 5.17. The van der Waals surface area contributed by atoms with E-state index in [1.165, 1.54) is 11.2 Å². The number of benzene rings is 2. The second-order valence-corrected chi connectivity index (χ2v) is 8.73. The molecule has 0 saturated carbocycles. The highest BCUT2D eigenvalue weighted by Gasteiger charge is 2.28. The summed E-state index contributed by atoms with van der Waals surface area (Å²) >= 11 is 6.08. The number of hydrogen-bond donors (Lipinski definition) is 1. The van der Waals surface area contributed by atoms with E-state index in [0.29, 0.717) is 40.2 Å². The van der Waals surface area contributed by atoms with E-state index >= 15 is 0 Å². The third kappa shape index (κ3) is 5.81. The van der Waals surface area contributed by atoms with Crippen molar-refractivity contribution in [3.8, 4) is 11.5 Å². The highest BCUT2D eigenvalue weighted by molar-refractivity contribution is 6.32. The van der Waals surface area contributed by atoms with Crippen LogP contribution < -0.4 is 19.7 Å². The lowest BCUT2D eigenvalue weighted by molar-refractivity contribution is -0.121. The molecule has 3 aromatic rings. The van der Waals surface area contributed by atoms with E-state index in [-0.39, 0.29) is 48.9 Å². The van der Waals surface area contributed by atoms with Crippen LogP contribution in [0, 0.1) is 5.92 Å². The molecule has 10 heteroatoms. The second kappa shape index (κ2) is 10.6. The van der Waals surface area contributed by atoms with Crippen molar-refractivity contribution in [1.29, 1.82) is 0 Å². The number of hydrogen-bond acceptors (Lipinski definition) is 7. The number of nitrogens with zero attached hydrogens (tertiary/aromatic N) is 2. The minimum absolute atomic E-state index is 0.0274. The van der Waals surface area contributed by atoms with Gasteiger partial charge in [0.25, 0.3) is 11.8 Å². The molecule has 0 aliphatic carbocycles. The second-order valence-electron chi connectivity index (χ2n) is 8.32. The number of halogens is 1. The Morgan fingerprint density at radius 2 is 2.03 bits per heavy atom. The number of carbonyl (C=O) groups is 3. The zero-order chi connectivity index (χ0) is 24.9. The summed E-state index contributed by atoms with van der Waals surface area (Å²) in [6.45, 7) is 4.05. The number of oxazole rings is 1. The van der Waals surface area contributed by atoms with Crippen molar-refractivity contribution in [2.24, 2.45) is 5.92 Å². The topological polar surface area (TPSA) is 111 Å². The van der Waals surface area contributed by atoms with Crippen molar-refractivity contribution in [3.63, 3.8) is 0 Å². The van der Waals surface area contributed by atoms with Crippen molar-refractivity contribution in [1.82, 2.24) is 10.3 Å². The Kier molecular flexibility index (Phi) is 7.36. The zero-order valence-electron chi connectivity index (χ0n) is 19.2. The molecule has 35 heavy (non-hydrogen) atoms. The number of carbonyl (C=O) groups excluding carboxylic acids is 3. The fourth-order valence-electron chi connectivity index (χ4n) is 3.35. The molecule has 182 valence electrons. The molecule has 1 aromatic heterocycles. The van der Waals surface area contributed by atoms with Crippen LogP contribution in [0.2, 0.25) is 5.02 Å². The van der Waals surface area contributed by atoms with Gasteiger partial charge in [0.15, 0.2) is 24.7 Å². The van der Waals surface area contributed by atoms with Crippen LogP contribution in [0.25, 0.3) is 0 Å². The molecule has 0 saturated heterocycles. The smallest absolute Gasteiger partial charge is 0.273 e. The van der Waals surface area contributed by atoms with E-state index in [0.717, 1.165) is 0 Å². The number of ether oxygens (including phenoxy) is 2. The molecular weight excluding hydrogens is 474 g/mol. The molecule has 2 amide bonds. The van der Waals surface area contributed by atoms with Crippen LogP contribution in [-0.2, 0) is 11.3 Å². The molecule has 0 radical (unpaired) electrons. The summed E-state index contributed by atoms with van der Waals surface area (Å²) in [6.07, 6.45) is 1.25. The predicted molar refractivity (Wildman–Crippen MR) is 128 cm³/mol. The SMILES string of the molecule is CC(C)CNC(=O)c1coc(CN2C(=O)COc3ccc(C(=O)COc4ccccc4Cl)cc32)n1.